The smallest absolute Gasteiger partial charge is 0.119 e. The van der Waals surface area contributed by atoms with Gasteiger partial charge in [0.2, 0.25) is 0 Å². The van der Waals surface area contributed by atoms with Crippen molar-refractivity contribution in [2.75, 3.05) is 0 Å². The lowest BCUT2D eigenvalue weighted by atomic mass is 9.99. The predicted molar refractivity (Wildman–Crippen MR) is 77.3 cm³/mol. The lowest BCUT2D eigenvalue weighted by Gasteiger charge is -2.19. The van der Waals surface area contributed by atoms with Crippen LogP contribution in [-0.4, -0.2) is 17.3 Å². The number of halogens is 1. The zero-order chi connectivity index (χ0) is 12.8. The molecular formula is C14H24ClNO2. The van der Waals surface area contributed by atoms with Crippen molar-refractivity contribution in [2.45, 2.75) is 51.9 Å². The van der Waals surface area contributed by atoms with Crippen LogP contribution in [0.15, 0.2) is 24.3 Å². The first-order valence-corrected chi connectivity index (χ1v) is 6.24. The van der Waals surface area contributed by atoms with Crippen molar-refractivity contribution in [1.29, 1.82) is 0 Å². The molecule has 18 heavy (non-hydrogen) atoms. The van der Waals surface area contributed by atoms with Gasteiger partial charge in [0.1, 0.15) is 5.75 Å². The number of hydrogen-bond donors (Lipinski definition) is 2. The Bertz CT molecular complexity index is 327. The molecule has 2 atom stereocenters. The lowest BCUT2D eigenvalue weighted by Crippen LogP contribution is -2.25. The van der Waals surface area contributed by atoms with Crippen LogP contribution in [0.1, 0.15) is 45.2 Å². The van der Waals surface area contributed by atoms with E-state index >= 15 is 0 Å². The fraction of sp³-hybridized carbons (Fsp3) is 0.571. The van der Waals surface area contributed by atoms with Gasteiger partial charge in [0.05, 0.1) is 18.2 Å². The molecule has 104 valence electrons. The van der Waals surface area contributed by atoms with Crippen LogP contribution in [0.25, 0.3) is 0 Å². The number of hydrogen-bond acceptors (Lipinski definition) is 3. The lowest BCUT2D eigenvalue weighted by molar-refractivity contribution is 0.134. The molecule has 1 aromatic rings. The van der Waals surface area contributed by atoms with Crippen molar-refractivity contribution in [3.63, 3.8) is 0 Å². The van der Waals surface area contributed by atoms with Gasteiger partial charge in [0.15, 0.2) is 0 Å². The topological polar surface area (TPSA) is 55.5 Å². The average Bonchev–Trinajstić information content (AvgIpc) is 2.28. The summed E-state index contributed by atoms with van der Waals surface area (Å²) in [5, 5.41) is 9.83. The van der Waals surface area contributed by atoms with E-state index in [1.165, 1.54) is 0 Å². The Labute approximate surface area is 116 Å². The SMILES string of the molecule is CCC[C@@H](O)[C@@H](N)c1ccc(OC(C)C)cc1.Cl. The standard InChI is InChI=1S/C14H23NO2.ClH/c1-4-5-13(16)14(15)11-6-8-12(9-7-11)17-10(2)3;/h6-10,13-14,16H,4-5,15H2,1-3H3;1H/t13-,14+;/m1./s1. The van der Waals surface area contributed by atoms with Crippen LogP contribution in [0.2, 0.25) is 0 Å². The van der Waals surface area contributed by atoms with E-state index in [0.717, 1.165) is 24.2 Å². The number of nitrogens with two attached hydrogens (primary N) is 1. The van der Waals surface area contributed by atoms with Gasteiger partial charge < -0.3 is 15.6 Å². The largest absolute Gasteiger partial charge is 0.491 e. The summed E-state index contributed by atoms with van der Waals surface area (Å²) in [6.45, 7) is 6.02. The van der Waals surface area contributed by atoms with Crippen LogP contribution in [-0.2, 0) is 0 Å². The highest BCUT2D eigenvalue weighted by molar-refractivity contribution is 5.85. The molecule has 0 fully saturated rings. The predicted octanol–water partition coefficient (Wildman–Crippen LogP) is 3.06. The van der Waals surface area contributed by atoms with E-state index in [2.05, 4.69) is 0 Å². The fourth-order valence-corrected chi connectivity index (χ4v) is 1.74. The van der Waals surface area contributed by atoms with Crippen molar-refractivity contribution in [3.8, 4) is 5.75 Å². The molecule has 0 saturated carbocycles. The molecule has 0 saturated heterocycles. The van der Waals surface area contributed by atoms with Gasteiger partial charge in [-0.15, -0.1) is 12.4 Å². The molecule has 0 aliphatic heterocycles. The first-order valence-electron chi connectivity index (χ1n) is 6.24. The Morgan fingerprint density at radius 3 is 2.22 bits per heavy atom. The van der Waals surface area contributed by atoms with Gasteiger partial charge >= 0.3 is 0 Å². The van der Waals surface area contributed by atoms with E-state index in [1.54, 1.807) is 0 Å². The molecule has 0 aliphatic carbocycles. The van der Waals surface area contributed by atoms with E-state index in [4.69, 9.17) is 10.5 Å². The van der Waals surface area contributed by atoms with Crippen LogP contribution in [0.5, 0.6) is 5.75 Å². The number of rotatable bonds is 6. The average molecular weight is 274 g/mol. The van der Waals surface area contributed by atoms with Crippen LogP contribution in [0.3, 0.4) is 0 Å². The Hall–Kier alpha value is -0.770. The molecule has 3 nitrogen and oxygen atoms in total. The number of aliphatic hydroxyl groups excluding tert-OH is 1. The zero-order valence-corrected chi connectivity index (χ0v) is 12.1. The molecular weight excluding hydrogens is 250 g/mol. The number of aliphatic hydroxyl groups is 1. The van der Waals surface area contributed by atoms with Crippen LogP contribution in [0, 0.1) is 0 Å². The van der Waals surface area contributed by atoms with Crippen molar-refractivity contribution in [2.24, 2.45) is 5.73 Å². The highest BCUT2D eigenvalue weighted by atomic mass is 35.5. The highest BCUT2D eigenvalue weighted by Crippen LogP contribution is 2.21. The normalized spacial score (nSPS) is 13.9. The Kier molecular flexibility index (Phi) is 8.00. The second-order valence-corrected chi connectivity index (χ2v) is 4.62. The molecule has 0 amide bonds. The summed E-state index contributed by atoms with van der Waals surface area (Å²) in [4.78, 5) is 0. The third kappa shape index (κ3) is 5.25. The summed E-state index contributed by atoms with van der Waals surface area (Å²) in [6, 6.07) is 7.31. The third-order valence-electron chi connectivity index (χ3n) is 2.64. The van der Waals surface area contributed by atoms with E-state index in [-0.39, 0.29) is 24.6 Å². The first-order chi connectivity index (χ1) is 8.04. The maximum atomic E-state index is 9.83. The highest BCUT2D eigenvalue weighted by Gasteiger charge is 2.15. The fourth-order valence-electron chi connectivity index (χ4n) is 1.74. The molecule has 0 unspecified atom stereocenters. The molecule has 1 rings (SSSR count). The minimum absolute atomic E-state index is 0. The molecule has 0 spiro atoms. The van der Waals surface area contributed by atoms with E-state index in [0.29, 0.717) is 0 Å². The molecule has 0 aliphatic rings. The quantitative estimate of drug-likeness (QED) is 0.838. The van der Waals surface area contributed by atoms with Gasteiger partial charge in [-0.1, -0.05) is 25.5 Å². The summed E-state index contributed by atoms with van der Waals surface area (Å²) in [5.74, 6) is 0.834. The first kappa shape index (κ1) is 17.2. The number of ether oxygens (including phenoxy) is 1. The van der Waals surface area contributed by atoms with Crippen molar-refractivity contribution in [3.05, 3.63) is 29.8 Å². The Morgan fingerprint density at radius 1 is 1.22 bits per heavy atom. The Morgan fingerprint density at radius 2 is 1.78 bits per heavy atom. The summed E-state index contributed by atoms with van der Waals surface area (Å²) in [6.07, 6.45) is 1.35. The molecule has 0 heterocycles. The minimum Gasteiger partial charge on any atom is -0.491 e. The van der Waals surface area contributed by atoms with Crippen LogP contribution < -0.4 is 10.5 Å². The zero-order valence-electron chi connectivity index (χ0n) is 11.3. The molecule has 1 aromatic carbocycles. The van der Waals surface area contributed by atoms with Crippen molar-refractivity contribution < 1.29 is 9.84 Å². The molecule has 0 aromatic heterocycles. The molecule has 3 N–H and O–H groups in total. The van der Waals surface area contributed by atoms with Gasteiger partial charge in [-0.25, -0.2) is 0 Å². The van der Waals surface area contributed by atoms with Crippen molar-refractivity contribution >= 4 is 12.4 Å². The Balaban J connectivity index is 0.00000289. The second kappa shape index (κ2) is 8.35. The summed E-state index contributed by atoms with van der Waals surface area (Å²) in [5.41, 5.74) is 6.93. The minimum atomic E-state index is -0.475. The molecule has 0 radical (unpaired) electrons. The van der Waals surface area contributed by atoms with Crippen LogP contribution in [0.4, 0.5) is 0 Å². The van der Waals surface area contributed by atoms with E-state index < -0.39 is 6.10 Å². The van der Waals surface area contributed by atoms with E-state index in [9.17, 15) is 5.11 Å². The van der Waals surface area contributed by atoms with Gasteiger partial charge in [0.25, 0.3) is 0 Å². The van der Waals surface area contributed by atoms with Crippen LogP contribution >= 0.6 is 12.4 Å². The van der Waals surface area contributed by atoms with E-state index in [1.807, 2.05) is 45.0 Å². The van der Waals surface area contributed by atoms with Crippen molar-refractivity contribution in [1.82, 2.24) is 0 Å². The maximum absolute atomic E-state index is 9.83. The second-order valence-electron chi connectivity index (χ2n) is 4.62. The third-order valence-corrected chi connectivity index (χ3v) is 2.64. The maximum Gasteiger partial charge on any atom is 0.119 e. The summed E-state index contributed by atoms with van der Waals surface area (Å²) < 4.78 is 5.55. The van der Waals surface area contributed by atoms with Gasteiger partial charge in [-0.3, -0.25) is 0 Å². The van der Waals surface area contributed by atoms with Gasteiger partial charge in [-0.05, 0) is 38.0 Å². The monoisotopic (exact) mass is 273 g/mol. The molecule has 0 bridgehead atoms. The summed E-state index contributed by atoms with van der Waals surface area (Å²) >= 11 is 0. The van der Waals surface area contributed by atoms with Gasteiger partial charge in [-0.2, -0.15) is 0 Å². The summed E-state index contributed by atoms with van der Waals surface area (Å²) in [7, 11) is 0. The molecule has 4 heteroatoms. The van der Waals surface area contributed by atoms with Gasteiger partial charge in [0, 0.05) is 0 Å². The number of benzene rings is 1.